The Kier molecular flexibility index (Phi) is 9.63. The highest BCUT2D eigenvalue weighted by atomic mass is 32.2. The number of likely N-dealkylation sites (N-methyl/N-ethyl adjacent to an activating group) is 1. The van der Waals surface area contributed by atoms with Crippen molar-refractivity contribution in [3.8, 4) is 11.3 Å². The maximum atomic E-state index is 13.7. The predicted octanol–water partition coefficient (Wildman–Crippen LogP) is 3.68. The Morgan fingerprint density at radius 1 is 0.952 bits per heavy atom. The number of benzene rings is 1. The number of imidazole rings is 1. The fraction of sp³-hybridized carbons (Fsp3) is 0.542. The molecular formula is C24H27F7N4O6S. The first-order valence-corrected chi connectivity index (χ1v) is 13.9. The Labute approximate surface area is 235 Å². The summed E-state index contributed by atoms with van der Waals surface area (Å²) in [6.07, 6.45) is -5.28. The molecule has 3 aliphatic rings. The third-order valence-corrected chi connectivity index (χ3v) is 9.52. The van der Waals surface area contributed by atoms with Gasteiger partial charge in [-0.3, -0.25) is 4.90 Å². The smallest absolute Gasteiger partial charge is 0.475 e. The lowest BCUT2D eigenvalue weighted by molar-refractivity contribution is -0.193. The molecule has 0 amide bonds. The highest BCUT2D eigenvalue weighted by Gasteiger charge is 2.49. The van der Waals surface area contributed by atoms with E-state index in [2.05, 4.69) is 16.5 Å². The summed E-state index contributed by atoms with van der Waals surface area (Å²) in [7, 11) is -1.03. The molecule has 1 aromatic heterocycles. The van der Waals surface area contributed by atoms with Crippen LogP contribution in [0.25, 0.3) is 11.3 Å². The van der Waals surface area contributed by atoms with E-state index in [1.807, 2.05) is 12.3 Å². The van der Waals surface area contributed by atoms with Gasteiger partial charge in [0, 0.05) is 31.7 Å². The van der Waals surface area contributed by atoms with Gasteiger partial charge in [-0.05, 0) is 44.9 Å². The molecule has 2 aromatic rings. The molecule has 3 heterocycles. The molecular weight excluding hydrogens is 605 g/mol. The van der Waals surface area contributed by atoms with Gasteiger partial charge in [-0.2, -0.15) is 26.3 Å². The number of hydrogen-bond acceptors (Lipinski definition) is 6. The number of sulfonamides is 1. The van der Waals surface area contributed by atoms with Crippen molar-refractivity contribution in [2.75, 3.05) is 26.7 Å². The van der Waals surface area contributed by atoms with E-state index in [0.717, 1.165) is 55.9 Å². The average molecular weight is 633 g/mol. The van der Waals surface area contributed by atoms with Crippen LogP contribution in [0.3, 0.4) is 0 Å². The summed E-state index contributed by atoms with van der Waals surface area (Å²) in [5, 5.41) is 14.1. The number of rotatable bonds is 3. The second kappa shape index (κ2) is 12.2. The third-order valence-electron chi connectivity index (χ3n) is 7.12. The molecule has 0 bridgehead atoms. The standard InChI is InChI=1S/C20H25FN4O2S.2C2HF3O2/c1-23-11-12-25-18(15-3-2-4-16(21)13-15)14-22-19(25)20(23)7-9-24(10-8-20)28(26,27)17-5-6-17;2*3-2(4,5)1(6)7/h2-4,13-14,17H,5-12H2,1H3;2*(H,6,7). The van der Waals surface area contributed by atoms with Crippen LogP contribution in [0.5, 0.6) is 0 Å². The summed E-state index contributed by atoms with van der Waals surface area (Å²) in [5.74, 6) is -4.79. The summed E-state index contributed by atoms with van der Waals surface area (Å²) in [6, 6.07) is 6.61. The van der Waals surface area contributed by atoms with E-state index in [1.165, 1.54) is 6.07 Å². The summed E-state index contributed by atoms with van der Waals surface area (Å²) >= 11 is 0. The first-order chi connectivity index (χ1) is 19.3. The highest BCUT2D eigenvalue weighted by Crippen LogP contribution is 2.43. The van der Waals surface area contributed by atoms with Crippen molar-refractivity contribution < 1.29 is 59.0 Å². The van der Waals surface area contributed by atoms with Gasteiger partial charge in [0.25, 0.3) is 0 Å². The summed E-state index contributed by atoms with van der Waals surface area (Å²) in [5.41, 5.74) is 1.49. The minimum Gasteiger partial charge on any atom is -0.475 e. The Morgan fingerprint density at radius 2 is 1.48 bits per heavy atom. The van der Waals surface area contributed by atoms with Crippen LogP contribution in [-0.4, -0.2) is 93.6 Å². The molecule has 42 heavy (non-hydrogen) atoms. The SMILES string of the molecule is CN1CCn2c(-c3cccc(F)c3)cnc2C12CCN(S(=O)(=O)C1CC1)CC2.O=C(O)C(F)(F)F.O=C(O)C(F)(F)F. The number of carbonyl (C=O) groups is 2. The van der Waals surface area contributed by atoms with E-state index in [0.29, 0.717) is 13.1 Å². The van der Waals surface area contributed by atoms with Gasteiger partial charge < -0.3 is 14.8 Å². The summed E-state index contributed by atoms with van der Waals surface area (Å²) in [6.45, 7) is 2.72. The molecule has 0 unspecified atom stereocenters. The normalized spacial score (nSPS) is 19.1. The van der Waals surface area contributed by atoms with Crippen LogP contribution in [0.2, 0.25) is 0 Å². The number of carboxylic acids is 2. The van der Waals surface area contributed by atoms with E-state index < -0.39 is 34.3 Å². The molecule has 1 aliphatic carbocycles. The number of carboxylic acid groups (broad SMARTS) is 2. The highest BCUT2D eigenvalue weighted by molar-refractivity contribution is 7.90. The largest absolute Gasteiger partial charge is 0.490 e. The van der Waals surface area contributed by atoms with Crippen molar-refractivity contribution in [3.05, 3.63) is 42.1 Å². The van der Waals surface area contributed by atoms with Gasteiger partial charge >= 0.3 is 24.3 Å². The average Bonchev–Trinajstić information content (AvgIpc) is 3.66. The first kappa shape index (κ1) is 33.3. The zero-order valence-electron chi connectivity index (χ0n) is 22.0. The fourth-order valence-electron chi connectivity index (χ4n) is 4.78. The van der Waals surface area contributed by atoms with Crippen LogP contribution in [0.15, 0.2) is 30.5 Å². The number of fused-ring (bicyclic) bond motifs is 2. The minimum atomic E-state index is -5.08. The van der Waals surface area contributed by atoms with Gasteiger partial charge in [0.15, 0.2) is 0 Å². The number of aromatic nitrogens is 2. The topological polar surface area (TPSA) is 133 Å². The number of aliphatic carboxylic acids is 2. The van der Waals surface area contributed by atoms with Crippen molar-refractivity contribution in [1.29, 1.82) is 0 Å². The lowest BCUT2D eigenvalue weighted by Crippen LogP contribution is -2.57. The lowest BCUT2D eigenvalue weighted by Gasteiger charge is -2.49. The zero-order chi connectivity index (χ0) is 31.7. The number of halogens is 7. The molecule has 10 nitrogen and oxygen atoms in total. The minimum absolute atomic E-state index is 0.160. The number of hydrogen-bond donors (Lipinski definition) is 2. The van der Waals surface area contributed by atoms with Crippen LogP contribution in [0, 0.1) is 5.82 Å². The van der Waals surface area contributed by atoms with E-state index in [1.54, 1.807) is 16.4 Å². The van der Waals surface area contributed by atoms with E-state index in [4.69, 9.17) is 24.8 Å². The molecule has 1 saturated carbocycles. The maximum Gasteiger partial charge on any atom is 0.490 e. The number of nitrogens with zero attached hydrogens (tertiary/aromatic N) is 4. The first-order valence-electron chi connectivity index (χ1n) is 12.4. The van der Waals surface area contributed by atoms with E-state index in [-0.39, 0.29) is 16.6 Å². The second-order valence-electron chi connectivity index (χ2n) is 9.83. The Hall–Kier alpha value is -3.25. The van der Waals surface area contributed by atoms with Crippen molar-refractivity contribution >= 4 is 22.0 Å². The van der Waals surface area contributed by atoms with Crippen LogP contribution in [-0.2, 0) is 31.7 Å². The molecule has 2 fully saturated rings. The molecule has 1 aromatic carbocycles. The van der Waals surface area contributed by atoms with Crippen LogP contribution < -0.4 is 0 Å². The van der Waals surface area contributed by atoms with Gasteiger partial charge in [-0.25, -0.2) is 31.7 Å². The Bertz CT molecular complexity index is 1370. The quantitative estimate of drug-likeness (QED) is 0.490. The van der Waals surface area contributed by atoms with Gasteiger partial charge in [-0.15, -0.1) is 0 Å². The van der Waals surface area contributed by atoms with Crippen LogP contribution >= 0.6 is 0 Å². The monoisotopic (exact) mass is 632 g/mol. The molecule has 0 radical (unpaired) electrons. The summed E-state index contributed by atoms with van der Waals surface area (Å²) < 4.78 is 106. The molecule has 5 rings (SSSR count). The van der Waals surface area contributed by atoms with Crippen LogP contribution in [0.1, 0.15) is 31.5 Å². The van der Waals surface area contributed by atoms with Crippen molar-refractivity contribution in [1.82, 2.24) is 18.8 Å². The zero-order valence-corrected chi connectivity index (χ0v) is 22.8. The Morgan fingerprint density at radius 3 is 1.93 bits per heavy atom. The molecule has 1 saturated heterocycles. The van der Waals surface area contributed by atoms with Gasteiger partial charge in [0.1, 0.15) is 11.6 Å². The fourth-order valence-corrected chi connectivity index (χ4v) is 6.62. The number of alkyl halides is 6. The third kappa shape index (κ3) is 7.38. The molecule has 234 valence electrons. The number of piperidine rings is 1. The molecule has 1 spiro atoms. The second-order valence-corrected chi connectivity index (χ2v) is 12.0. The van der Waals surface area contributed by atoms with Crippen molar-refractivity contribution in [2.24, 2.45) is 0 Å². The van der Waals surface area contributed by atoms with Crippen LogP contribution in [0.4, 0.5) is 30.7 Å². The van der Waals surface area contributed by atoms with E-state index >= 15 is 0 Å². The van der Waals surface area contributed by atoms with Crippen molar-refractivity contribution in [2.45, 2.75) is 55.4 Å². The molecule has 2 N–H and O–H groups in total. The predicted molar refractivity (Wildman–Crippen MR) is 132 cm³/mol. The summed E-state index contributed by atoms with van der Waals surface area (Å²) in [4.78, 5) is 24.9. The molecule has 2 aliphatic heterocycles. The molecule has 0 atom stereocenters. The van der Waals surface area contributed by atoms with Gasteiger partial charge in [0.2, 0.25) is 10.0 Å². The van der Waals surface area contributed by atoms with Gasteiger partial charge in [-0.1, -0.05) is 12.1 Å². The molecule has 18 heteroatoms. The van der Waals surface area contributed by atoms with Gasteiger partial charge in [0.05, 0.1) is 22.7 Å². The maximum absolute atomic E-state index is 13.7. The van der Waals surface area contributed by atoms with E-state index in [9.17, 15) is 39.2 Å². The van der Waals surface area contributed by atoms with Crippen molar-refractivity contribution in [3.63, 3.8) is 0 Å². The lowest BCUT2D eigenvalue weighted by atomic mass is 9.84. The Balaban J connectivity index is 0.000000289.